The smallest absolute Gasteiger partial charge is 0.150 e. The van der Waals surface area contributed by atoms with Crippen LogP contribution < -0.4 is 9.64 Å². The highest BCUT2D eigenvalue weighted by atomic mass is 16.5. The van der Waals surface area contributed by atoms with Crippen LogP contribution in [0.15, 0.2) is 54.6 Å². The molecule has 4 nitrogen and oxygen atoms in total. The second-order valence-electron chi connectivity index (χ2n) is 5.44. The summed E-state index contributed by atoms with van der Waals surface area (Å²) in [7, 11) is 0. The van der Waals surface area contributed by atoms with Crippen molar-refractivity contribution in [3.63, 3.8) is 0 Å². The van der Waals surface area contributed by atoms with Gasteiger partial charge in [-0.05, 0) is 24.3 Å². The minimum absolute atomic E-state index is 0.230. The average Bonchev–Trinajstić information content (AvgIpc) is 2.58. The number of rotatable bonds is 5. The van der Waals surface area contributed by atoms with Crippen molar-refractivity contribution >= 4 is 5.69 Å². The lowest BCUT2D eigenvalue weighted by molar-refractivity contribution is 0.188. The first-order valence-electron chi connectivity index (χ1n) is 7.77. The number of piperazine rings is 1. The molecule has 116 valence electrons. The number of aliphatic hydroxyl groups is 1. The van der Waals surface area contributed by atoms with Crippen molar-refractivity contribution in [1.82, 2.24) is 4.90 Å². The molecule has 1 aliphatic rings. The largest absolute Gasteiger partial charge is 0.455 e. The van der Waals surface area contributed by atoms with Crippen molar-refractivity contribution in [3.8, 4) is 11.5 Å². The van der Waals surface area contributed by atoms with Gasteiger partial charge >= 0.3 is 0 Å². The average molecular weight is 298 g/mol. The number of hydrogen-bond acceptors (Lipinski definition) is 4. The molecule has 2 aromatic rings. The van der Waals surface area contributed by atoms with Gasteiger partial charge < -0.3 is 14.7 Å². The molecule has 4 heteroatoms. The molecule has 1 fully saturated rings. The molecule has 0 amide bonds. The van der Waals surface area contributed by atoms with Crippen LogP contribution >= 0.6 is 0 Å². The topological polar surface area (TPSA) is 35.9 Å². The van der Waals surface area contributed by atoms with Crippen LogP contribution in [-0.2, 0) is 0 Å². The Morgan fingerprint density at radius 1 is 0.864 bits per heavy atom. The Hall–Kier alpha value is -2.04. The van der Waals surface area contributed by atoms with E-state index in [1.807, 2.05) is 48.5 Å². The molecule has 0 saturated carbocycles. The Bertz CT molecular complexity index is 581. The molecule has 1 N–H and O–H groups in total. The molecule has 2 aromatic carbocycles. The Morgan fingerprint density at radius 3 is 2.27 bits per heavy atom. The van der Waals surface area contributed by atoms with Gasteiger partial charge in [-0.25, -0.2) is 0 Å². The van der Waals surface area contributed by atoms with Crippen LogP contribution in [0, 0.1) is 0 Å². The van der Waals surface area contributed by atoms with E-state index in [-0.39, 0.29) is 6.61 Å². The van der Waals surface area contributed by atoms with E-state index in [0.29, 0.717) is 0 Å². The maximum Gasteiger partial charge on any atom is 0.150 e. The monoisotopic (exact) mass is 298 g/mol. The van der Waals surface area contributed by atoms with Crippen LogP contribution in [0.1, 0.15) is 0 Å². The minimum Gasteiger partial charge on any atom is -0.455 e. The SMILES string of the molecule is OCCN1CCN(c2ccccc2Oc2ccccc2)CC1. The Kier molecular flexibility index (Phi) is 4.93. The fourth-order valence-corrected chi connectivity index (χ4v) is 2.77. The summed E-state index contributed by atoms with van der Waals surface area (Å²) in [4.78, 5) is 4.64. The number of nitrogens with zero attached hydrogens (tertiary/aromatic N) is 2. The van der Waals surface area contributed by atoms with Gasteiger partial charge in [-0.15, -0.1) is 0 Å². The minimum atomic E-state index is 0.230. The van der Waals surface area contributed by atoms with Gasteiger partial charge in [0.25, 0.3) is 0 Å². The van der Waals surface area contributed by atoms with E-state index < -0.39 is 0 Å². The number of hydrogen-bond donors (Lipinski definition) is 1. The van der Waals surface area contributed by atoms with E-state index in [9.17, 15) is 0 Å². The zero-order chi connectivity index (χ0) is 15.2. The molecule has 0 aromatic heterocycles. The highest BCUT2D eigenvalue weighted by Crippen LogP contribution is 2.32. The molecule has 0 unspecified atom stereocenters. The maximum absolute atomic E-state index is 9.03. The summed E-state index contributed by atoms with van der Waals surface area (Å²) in [5.41, 5.74) is 1.13. The summed E-state index contributed by atoms with van der Waals surface area (Å²) in [5.74, 6) is 1.75. The fraction of sp³-hybridized carbons (Fsp3) is 0.333. The van der Waals surface area contributed by atoms with Gasteiger partial charge in [-0.3, -0.25) is 4.90 Å². The van der Waals surface area contributed by atoms with Crippen LogP contribution in [-0.4, -0.2) is 49.3 Å². The van der Waals surface area contributed by atoms with E-state index in [2.05, 4.69) is 15.9 Å². The van der Waals surface area contributed by atoms with Crippen LogP contribution in [0.5, 0.6) is 11.5 Å². The van der Waals surface area contributed by atoms with E-state index >= 15 is 0 Å². The number of para-hydroxylation sites is 3. The normalized spacial score (nSPS) is 15.8. The van der Waals surface area contributed by atoms with Gasteiger partial charge in [0.05, 0.1) is 12.3 Å². The lowest BCUT2D eigenvalue weighted by Gasteiger charge is -2.36. The van der Waals surface area contributed by atoms with Crippen molar-refractivity contribution in [2.45, 2.75) is 0 Å². The summed E-state index contributed by atoms with van der Waals surface area (Å²) in [5, 5.41) is 9.03. The number of aliphatic hydroxyl groups excluding tert-OH is 1. The summed E-state index contributed by atoms with van der Waals surface area (Å²) in [6.45, 7) is 4.84. The van der Waals surface area contributed by atoms with Gasteiger partial charge in [-0.1, -0.05) is 30.3 Å². The third kappa shape index (κ3) is 3.59. The predicted octanol–water partition coefficient (Wildman–Crippen LogP) is 2.59. The molecule has 3 rings (SSSR count). The molecule has 1 aliphatic heterocycles. The lowest BCUT2D eigenvalue weighted by Crippen LogP contribution is -2.47. The van der Waals surface area contributed by atoms with Crippen molar-refractivity contribution < 1.29 is 9.84 Å². The Labute approximate surface area is 131 Å². The number of benzene rings is 2. The van der Waals surface area contributed by atoms with Gasteiger partial charge in [0.2, 0.25) is 0 Å². The Balaban J connectivity index is 1.72. The molecule has 0 radical (unpaired) electrons. The molecule has 0 spiro atoms. The van der Waals surface area contributed by atoms with Crippen molar-refractivity contribution in [3.05, 3.63) is 54.6 Å². The third-order valence-electron chi connectivity index (χ3n) is 3.97. The van der Waals surface area contributed by atoms with Crippen molar-refractivity contribution in [1.29, 1.82) is 0 Å². The van der Waals surface area contributed by atoms with Gasteiger partial charge in [0.15, 0.2) is 5.75 Å². The second-order valence-corrected chi connectivity index (χ2v) is 5.44. The molecule has 1 saturated heterocycles. The predicted molar refractivity (Wildman–Crippen MR) is 88.7 cm³/mol. The molecular formula is C18H22N2O2. The zero-order valence-corrected chi connectivity index (χ0v) is 12.7. The summed E-state index contributed by atoms with van der Waals surface area (Å²) >= 11 is 0. The van der Waals surface area contributed by atoms with Crippen molar-refractivity contribution in [2.75, 3.05) is 44.2 Å². The number of ether oxygens (including phenoxy) is 1. The molecular weight excluding hydrogens is 276 g/mol. The first-order valence-corrected chi connectivity index (χ1v) is 7.77. The van der Waals surface area contributed by atoms with Crippen molar-refractivity contribution in [2.24, 2.45) is 0 Å². The molecule has 1 heterocycles. The first-order chi connectivity index (χ1) is 10.9. The maximum atomic E-state index is 9.03. The highest BCUT2D eigenvalue weighted by molar-refractivity contribution is 5.59. The van der Waals surface area contributed by atoms with E-state index in [1.54, 1.807) is 0 Å². The first kappa shape index (κ1) is 14.9. The second kappa shape index (κ2) is 7.29. The van der Waals surface area contributed by atoms with Crippen LogP contribution in [0.4, 0.5) is 5.69 Å². The van der Waals surface area contributed by atoms with Gasteiger partial charge in [-0.2, -0.15) is 0 Å². The van der Waals surface area contributed by atoms with Crippen LogP contribution in [0.2, 0.25) is 0 Å². The summed E-state index contributed by atoms with van der Waals surface area (Å²) < 4.78 is 6.04. The van der Waals surface area contributed by atoms with E-state index in [1.165, 1.54) is 0 Å². The molecule has 0 atom stereocenters. The van der Waals surface area contributed by atoms with Crippen LogP contribution in [0.3, 0.4) is 0 Å². The van der Waals surface area contributed by atoms with Crippen LogP contribution in [0.25, 0.3) is 0 Å². The summed E-state index contributed by atoms with van der Waals surface area (Å²) in [6, 6.07) is 18.1. The molecule has 0 bridgehead atoms. The van der Waals surface area contributed by atoms with E-state index in [0.717, 1.165) is 49.9 Å². The fourth-order valence-electron chi connectivity index (χ4n) is 2.77. The Morgan fingerprint density at radius 2 is 1.55 bits per heavy atom. The quantitative estimate of drug-likeness (QED) is 0.920. The van der Waals surface area contributed by atoms with Gasteiger partial charge in [0.1, 0.15) is 5.75 Å². The van der Waals surface area contributed by atoms with Gasteiger partial charge in [0, 0.05) is 32.7 Å². The third-order valence-corrected chi connectivity index (χ3v) is 3.97. The molecule has 0 aliphatic carbocycles. The summed E-state index contributed by atoms with van der Waals surface area (Å²) in [6.07, 6.45) is 0. The molecule has 22 heavy (non-hydrogen) atoms. The lowest BCUT2D eigenvalue weighted by atomic mass is 10.2. The highest BCUT2D eigenvalue weighted by Gasteiger charge is 2.19. The zero-order valence-electron chi connectivity index (χ0n) is 12.7. The number of anilines is 1. The standard InChI is InChI=1S/C18H22N2O2/c21-15-14-19-10-12-20(13-11-19)17-8-4-5-9-18(17)22-16-6-2-1-3-7-16/h1-9,21H,10-15H2. The number of β-amino-alcohol motifs (C(OH)–C–C–N with tert-alkyl or cyclic N) is 1. The van der Waals surface area contributed by atoms with E-state index in [4.69, 9.17) is 9.84 Å².